The van der Waals surface area contributed by atoms with E-state index >= 15 is 0 Å². The van der Waals surface area contributed by atoms with Crippen LogP contribution >= 0.6 is 11.3 Å². The zero-order valence-corrected chi connectivity index (χ0v) is 17.2. The topological polar surface area (TPSA) is 107 Å². The molecule has 0 amide bonds. The van der Waals surface area contributed by atoms with Gasteiger partial charge in [0.25, 0.3) is 0 Å². The van der Waals surface area contributed by atoms with Crippen LogP contribution in [0, 0.1) is 24.2 Å². The molecule has 1 aliphatic rings. The minimum absolute atomic E-state index is 0.216. The Hall–Kier alpha value is -2.47. The number of thiazole rings is 1. The molecule has 0 atom stereocenters. The summed E-state index contributed by atoms with van der Waals surface area (Å²) in [6.07, 6.45) is 0. The number of carboxylic acids is 1. The molecule has 2 heterocycles. The van der Waals surface area contributed by atoms with Crippen molar-refractivity contribution in [1.82, 2.24) is 15.6 Å². The van der Waals surface area contributed by atoms with Crippen molar-refractivity contribution in [3.63, 3.8) is 0 Å². The second kappa shape index (κ2) is 10.8. The summed E-state index contributed by atoms with van der Waals surface area (Å²) in [5.41, 5.74) is 1.61. The average Bonchev–Trinajstić information content (AvgIpc) is 3.10. The van der Waals surface area contributed by atoms with Gasteiger partial charge in [-0.05, 0) is 31.0 Å². The molecule has 0 radical (unpaired) electrons. The van der Waals surface area contributed by atoms with Crippen LogP contribution < -0.4 is 15.4 Å². The number of nitrogens with one attached hydrogen (secondary N) is 2. The normalized spacial score (nSPS) is 13.4. The van der Waals surface area contributed by atoms with Gasteiger partial charge in [-0.15, -0.1) is 11.3 Å². The van der Waals surface area contributed by atoms with Gasteiger partial charge in [-0.3, -0.25) is 0 Å². The summed E-state index contributed by atoms with van der Waals surface area (Å²) in [6.45, 7) is 10.8. The molecule has 0 unspecified atom stereocenters. The molecular weight excluding hydrogens is 376 g/mol. The first-order valence-electron chi connectivity index (χ1n) is 9.21. The van der Waals surface area contributed by atoms with E-state index in [4.69, 9.17) is 9.84 Å². The van der Waals surface area contributed by atoms with Crippen LogP contribution in [0.3, 0.4) is 0 Å². The highest BCUT2D eigenvalue weighted by atomic mass is 32.1. The Balaban J connectivity index is 0.000000397. The van der Waals surface area contributed by atoms with E-state index in [9.17, 15) is 10.1 Å². The van der Waals surface area contributed by atoms with Gasteiger partial charge in [0.05, 0.1) is 17.9 Å². The number of nitriles is 1. The Kier molecular flexibility index (Phi) is 8.39. The molecule has 1 aromatic heterocycles. The molecule has 8 heteroatoms. The third-order valence-corrected chi connectivity index (χ3v) is 5.06. The van der Waals surface area contributed by atoms with Gasteiger partial charge in [-0.25, -0.2) is 9.78 Å². The van der Waals surface area contributed by atoms with Gasteiger partial charge in [-0.2, -0.15) is 5.26 Å². The zero-order valence-electron chi connectivity index (χ0n) is 16.4. The molecule has 0 spiro atoms. The van der Waals surface area contributed by atoms with Crippen molar-refractivity contribution >= 4 is 17.3 Å². The number of hydrogen-bond donors (Lipinski definition) is 3. The molecular formula is C20H26N4O3S. The summed E-state index contributed by atoms with van der Waals surface area (Å²) in [5, 5.41) is 25.4. The minimum atomic E-state index is -0.987. The first-order valence-corrected chi connectivity index (χ1v) is 10.0. The standard InChI is InChI=1S/C16H16N2O3S.C4H10N2/c1-9(2)8-21-13-5-4-11(6-12(13)7-17)15-18-10(3)14(22-15)16(19)20;1-2-6-4-3-5-1/h4-6,9H,8H2,1-3H3,(H,19,20);5-6H,1-4H2. The third kappa shape index (κ3) is 6.30. The molecule has 150 valence electrons. The van der Waals surface area contributed by atoms with Crippen molar-refractivity contribution in [1.29, 1.82) is 5.26 Å². The highest BCUT2D eigenvalue weighted by Gasteiger charge is 2.16. The van der Waals surface area contributed by atoms with Crippen LogP contribution in [0.1, 0.15) is 34.8 Å². The van der Waals surface area contributed by atoms with Crippen molar-refractivity contribution in [2.75, 3.05) is 32.8 Å². The number of carboxylic acid groups (broad SMARTS) is 1. The molecule has 3 rings (SSSR count). The van der Waals surface area contributed by atoms with Crippen LogP contribution in [0.25, 0.3) is 10.6 Å². The van der Waals surface area contributed by atoms with Gasteiger partial charge in [-0.1, -0.05) is 13.8 Å². The van der Waals surface area contributed by atoms with Gasteiger partial charge >= 0.3 is 5.97 Å². The minimum Gasteiger partial charge on any atom is -0.492 e. The quantitative estimate of drug-likeness (QED) is 0.706. The fraction of sp³-hybridized carbons (Fsp3) is 0.450. The van der Waals surface area contributed by atoms with Crippen LogP contribution in [0.15, 0.2) is 18.2 Å². The van der Waals surface area contributed by atoms with E-state index in [2.05, 4.69) is 21.7 Å². The molecule has 28 heavy (non-hydrogen) atoms. The molecule has 0 aliphatic carbocycles. The molecule has 0 saturated carbocycles. The number of rotatable bonds is 5. The highest BCUT2D eigenvalue weighted by molar-refractivity contribution is 7.17. The fourth-order valence-electron chi connectivity index (χ4n) is 2.45. The first kappa shape index (κ1) is 21.8. The van der Waals surface area contributed by atoms with Crippen molar-refractivity contribution in [2.24, 2.45) is 5.92 Å². The summed E-state index contributed by atoms with van der Waals surface area (Å²) in [5.74, 6) is -0.0868. The Morgan fingerprint density at radius 1 is 1.32 bits per heavy atom. The van der Waals surface area contributed by atoms with E-state index in [0.717, 1.165) is 37.5 Å². The maximum absolute atomic E-state index is 11.1. The predicted molar refractivity (Wildman–Crippen MR) is 110 cm³/mol. The van der Waals surface area contributed by atoms with E-state index in [1.165, 1.54) is 0 Å². The third-order valence-electron chi connectivity index (χ3n) is 3.87. The second-order valence-electron chi connectivity index (χ2n) is 6.77. The number of benzene rings is 1. The monoisotopic (exact) mass is 402 g/mol. The van der Waals surface area contributed by atoms with Gasteiger partial charge < -0.3 is 20.5 Å². The molecule has 3 N–H and O–H groups in total. The molecule has 1 aliphatic heterocycles. The molecule has 7 nitrogen and oxygen atoms in total. The smallest absolute Gasteiger partial charge is 0.347 e. The van der Waals surface area contributed by atoms with Crippen molar-refractivity contribution in [3.05, 3.63) is 34.3 Å². The van der Waals surface area contributed by atoms with Crippen molar-refractivity contribution in [2.45, 2.75) is 20.8 Å². The zero-order chi connectivity index (χ0) is 20.5. The lowest BCUT2D eigenvalue weighted by Gasteiger charge is -2.11. The second-order valence-corrected chi connectivity index (χ2v) is 7.77. The van der Waals surface area contributed by atoms with Crippen molar-refractivity contribution in [3.8, 4) is 22.4 Å². The number of carbonyl (C=O) groups is 1. The van der Waals surface area contributed by atoms with E-state index in [1.807, 2.05) is 13.8 Å². The number of piperazine rings is 1. The molecule has 1 saturated heterocycles. The predicted octanol–water partition coefficient (Wildman–Crippen LogP) is 2.90. The van der Waals surface area contributed by atoms with Crippen LogP contribution in [0.2, 0.25) is 0 Å². The van der Waals surface area contributed by atoms with E-state index in [-0.39, 0.29) is 4.88 Å². The lowest BCUT2D eigenvalue weighted by molar-refractivity contribution is 0.0701. The molecule has 2 aromatic rings. The molecule has 1 aromatic carbocycles. The number of hydrogen-bond acceptors (Lipinski definition) is 7. The lowest BCUT2D eigenvalue weighted by Crippen LogP contribution is -2.39. The van der Waals surface area contributed by atoms with Crippen LogP contribution in [0.4, 0.5) is 0 Å². The summed E-state index contributed by atoms with van der Waals surface area (Å²) < 4.78 is 5.61. The lowest BCUT2D eigenvalue weighted by atomic mass is 10.1. The molecule has 0 bridgehead atoms. The van der Waals surface area contributed by atoms with E-state index < -0.39 is 5.97 Å². The Morgan fingerprint density at radius 2 is 1.96 bits per heavy atom. The van der Waals surface area contributed by atoms with Gasteiger partial charge in [0.2, 0.25) is 0 Å². The van der Waals surface area contributed by atoms with Gasteiger partial charge in [0, 0.05) is 31.7 Å². The molecule has 1 fully saturated rings. The maximum Gasteiger partial charge on any atom is 0.347 e. The highest BCUT2D eigenvalue weighted by Crippen LogP contribution is 2.31. The number of ether oxygens (including phenoxy) is 1. The summed E-state index contributed by atoms with van der Waals surface area (Å²) >= 11 is 1.10. The number of aryl methyl sites for hydroxylation is 1. The van der Waals surface area contributed by atoms with Crippen molar-refractivity contribution < 1.29 is 14.6 Å². The SMILES string of the molecule is C1CNCCN1.Cc1nc(-c2ccc(OCC(C)C)c(C#N)c2)sc1C(=O)O. The van der Waals surface area contributed by atoms with Crippen LogP contribution in [-0.2, 0) is 0 Å². The van der Waals surface area contributed by atoms with Gasteiger partial charge in [0.15, 0.2) is 0 Å². The Labute approximate surface area is 169 Å². The first-order chi connectivity index (χ1) is 13.4. The fourth-order valence-corrected chi connectivity index (χ4v) is 3.36. The largest absolute Gasteiger partial charge is 0.492 e. The number of nitrogens with zero attached hydrogens (tertiary/aromatic N) is 2. The summed E-state index contributed by atoms with van der Waals surface area (Å²) in [7, 11) is 0. The average molecular weight is 403 g/mol. The van der Waals surface area contributed by atoms with Crippen LogP contribution in [0.5, 0.6) is 5.75 Å². The number of aromatic carboxylic acids is 1. The number of aromatic nitrogens is 1. The summed E-state index contributed by atoms with van der Waals surface area (Å²) in [4.78, 5) is 15.6. The Morgan fingerprint density at radius 3 is 2.43 bits per heavy atom. The van der Waals surface area contributed by atoms with Crippen LogP contribution in [-0.4, -0.2) is 48.8 Å². The van der Waals surface area contributed by atoms with E-state index in [0.29, 0.717) is 40.1 Å². The maximum atomic E-state index is 11.1. The summed E-state index contributed by atoms with van der Waals surface area (Å²) in [6, 6.07) is 7.31. The van der Waals surface area contributed by atoms with Gasteiger partial charge in [0.1, 0.15) is 21.7 Å². The van der Waals surface area contributed by atoms with E-state index in [1.54, 1.807) is 25.1 Å². The Bertz CT molecular complexity index is 827.